The van der Waals surface area contributed by atoms with Gasteiger partial charge in [-0.25, -0.2) is 4.98 Å². The highest BCUT2D eigenvalue weighted by Crippen LogP contribution is 2.18. The second-order valence-corrected chi connectivity index (χ2v) is 10.7. The lowest BCUT2D eigenvalue weighted by Crippen LogP contribution is -2.29. The molecule has 1 fully saturated rings. The minimum atomic E-state index is -1.30. The van der Waals surface area contributed by atoms with Crippen LogP contribution in [0.2, 0.25) is 19.6 Å². The maximum absolute atomic E-state index is 4.46. The summed E-state index contributed by atoms with van der Waals surface area (Å²) in [5.41, 5.74) is 5.49. The normalized spacial score (nSPS) is 16.1. The number of anilines is 1. The molecule has 0 amide bonds. The maximum atomic E-state index is 4.46. The largest absolute Gasteiger partial charge is 0.370 e. The van der Waals surface area contributed by atoms with Gasteiger partial charge in [0, 0.05) is 13.1 Å². The predicted octanol–water partition coefficient (Wildman–Crippen LogP) is 3.30. The van der Waals surface area contributed by atoms with Crippen LogP contribution in [0.3, 0.4) is 0 Å². The van der Waals surface area contributed by atoms with Crippen LogP contribution in [-0.4, -0.2) is 26.1 Å². The lowest BCUT2D eigenvalue weighted by molar-refractivity contribution is 0.577. The van der Waals surface area contributed by atoms with Gasteiger partial charge >= 0.3 is 0 Å². The molecule has 18 heavy (non-hydrogen) atoms. The molecule has 1 aliphatic heterocycles. The zero-order valence-corrected chi connectivity index (χ0v) is 12.7. The molecule has 0 unspecified atom stereocenters. The van der Waals surface area contributed by atoms with E-state index in [0.717, 1.165) is 5.69 Å². The van der Waals surface area contributed by atoms with E-state index in [1.54, 1.807) is 0 Å². The molecule has 0 spiro atoms. The highest BCUT2D eigenvalue weighted by atomic mass is 28.3. The van der Waals surface area contributed by atoms with Crippen molar-refractivity contribution in [2.75, 3.05) is 18.0 Å². The topological polar surface area (TPSA) is 16.1 Å². The molecule has 2 rings (SSSR count). The molecule has 0 atom stereocenters. The van der Waals surface area contributed by atoms with Gasteiger partial charge in [-0.1, -0.05) is 25.6 Å². The van der Waals surface area contributed by atoms with Gasteiger partial charge in [0.05, 0.1) is 11.9 Å². The van der Waals surface area contributed by atoms with Crippen LogP contribution in [0.1, 0.15) is 25.0 Å². The number of rotatable bonds is 1. The first kappa shape index (κ1) is 13.2. The van der Waals surface area contributed by atoms with Crippen LogP contribution in [0.4, 0.5) is 5.69 Å². The minimum Gasteiger partial charge on any atom is -0.370 e. The number of nitrogens with zero attached hydrogens (tertiary/aromatic N) is 2. The Balaban J connectivity index is 2.07. The van der Waals surface area contributed by atoms with Crippen LogP contribution in [0.5, 0.6) is 0 Å². The third-order valence-electron chi connectivity index (χ3n) is 3.03. The molecule has 3 heteroatoms. The van der Waals surface area contributed by atoms with Crippen molar-refractivity contribution in [3.63, 3.8) is 0 Å². The smallest absolute Gasteiger partial charge is 0.129 e. The molecule has 0 aromatic carbocycles. The Labute approximate surface area is 111 Å². The minimum absolute atomic E-state index is 0.901. The summed E-state index contributed by atoms with van der Waals surface area (Å²) in [4.78, 5) is 6.89. The standard InChI is InChI=1S/C15H22N2Si/c1-18(2,3)12-9-14-7-8-15(13-16-14)17-10-5-4-6-11-17/h7-8,13H,4-6,10-11H2,1-3H3. The molecule has 2 nitrogen and oxygen atoms in total. The highest BCUT2D eigenvalue weighted by Gasteiger charge is 2.11. The lowest BCUT2D eigenvalue weighted by atomic mass is 10.1. The van der Waals surface area contributed by atoms with Gasteiger partial charge in [-0.2, -0.15) is 0 Å². The number of aromatic nitrogens is 1. The molecular weight excluding hydrogens is 236 g/mol. The number of piperidine rings is 1. The molecule has 1 aliphatic rings. The second-order valence-electron chi connectivity index (χ2n) is 5.95. The first-order chi connectivity index (χ1) is 8.54. The van der Waals surface area contributed by atoms with Crippen LogP contribution >= 0.6 is 0 Å². The molecule has 0 saturated carbocycles. The first-order valence-electron chi connectivity index (χ1n) is 6.79. The summed E-state index contributed by atoms with van der Waals surface area (Å²) in [6.07, 6.45) is 5.94. The molecule has 1 aromatic rings. The number of hydrogen-bond acceptors (Lipinski definition) is 2. The first-order valence-corrected chi connectivity index (χ1v) is 10.3. The van der Waals surface area contributed by atoms with Crippen LogP contribution in [0.15, 0.2) is 18.3 Å². The van der Waals surface area contributed by atoms with E-state index in [2.05, 4.69) is 53.1 Å². The Hall–Kier alpha value is -1.27. The zero-order valence-electron chi connectivity index (χ0n) is 11.7. The van der Waals surface area contributed by atoms with Gasteiger partial charge in [0.15, 0.2) is 0 Å². The Morgan fingerprint density at radius 1 is 1.11 bits per heavy atom. The van der Waals surface area contributed by atoms with Gasteiger partial charge in [0.25, 0.3) is 0 Å². The molecule has 0 N–H and O–H groups in total. The van der Waals surface area contributed by atoms with Crippen LogP contribution in [0, 0.1) is 11.5 Å². The van der Waals surface area contributed by atoms with Crippen molar-refractivity contribution >= 4 is 13.8 Å². The Bertz CT molecular complexity index is 442. The third kappa shape index (κ3) is 3.88. The monoisotopic (exact) mass is 258 g/mol. The maximum Gasteiger partial charge on any atom is 0.129 e. The summed E-state index contributed by atoms with van der Waals surface area (Å²) in [5.74, 6) is 3.20. The van der Waals surface area contributed by atoms with Crippen molar-refractivity contribution in [2.45, 2.75) is 38.9 Å². The van der Waals surface area contributed by atoms with Crippen LogP contribution in [-0.2, 0) is 0 Å². The van der Waals surface area contributed by atoms with E-state index >= 15 is 0 Å². The Kier molecular flexibility index (Phi) is 4.08. The van der Waals surface area contributed by atoms with Crippen LogP contribution in [0.25, 0.3) is 0 Å². The highest BCUT2D eigenvalue weighted by molar-refractivity contribution is 6.83. The van der Waals surface area contributed by atoms with Crippen molar-refractivity contribution in [2.24, 2.45) is 0 Å². The fourth-order valence-electron chi connectivity index (χ4n) is 2.05. The Morgan fingerprint density at radius 2 is 1.83 bits per heavy atom. The molecule has 1 saturated heterocycles. The SMILES string of the molecule is C[Si](C)(C)C#Cc1ccc(N2CCCCC2)cn1. The van der Waals surface area contributed by atoms with E-state index in [0.29, 0.717) is 0 Å². The third-order valence-corrected chi connectivity index (χ3v) is 3.91. The van der Waals surface area contributed by atoms with Gasteiger partial charge < -0.3 is 4.90 Å². The molecule has 1 aromatic heterocycles. The Morgan fingerprint density at radius 3 is 2.39 bits per heavy atom. The molecule has 0 bridgehead atoms. The van der Waals surface area contributed by atoms with E-state index in [1.165, 1.54) is 38.0 Å². The summed E-state index contributed by atoms with van der Waals surface area (Å²) in [6.45, 7) is 9.09. The predicted molar refractivity (Wildman–Crippen MR) is 80.5 cm³/mol. The molecule has 96 valence electrons. The van der Waals surface area contributed by atoms with Gasteiger partial charge in [-0.3, -0.25) is 0 Å². The molecular formula is C15H22N2Si. The van der Waals surface area contributed by atoms with Crippen molar-refractivity contribution < 1.29 is 0 Å². The van der Waals surface area contributed by atoms with E-state index in [9.17, 15) is 0 Å². The van der Waals surface area contributed by atoms with Gasteiger partial charge in [0.1, 0.15) is 13.8 Å². The second kappa shape index (κ2) is 5.58. The molecule has 0 aliphatic carbocycles. The fourth-order valence-corrected chi connectivity index (χ4v) is 2.55. The zero-order chi connectivity index (χ0) is 13.0. The quantitative estimate of drug-likeness (QED) is 0.567. The molecule has 0 radical (unpaired) electrons. The van der Waals surface area contributed by atoms with Gasteiger partial charge in [-0.05, 0) is 31.4 Å². The number of hydrogen-bond donors (Lipinski definition) is 0. The summed E-state index contributed by atoms with van der Waals surface area (Å²) in [7, 11) is -1.30. The lowest BCUT2D eigenvalue weighted by Gasteiger charge is -2.28. The van der Waals surface area contributed by atoms with E-state index in [-0.39, 0.29) is 0 Å². The van der Waals surface area contributed by atoms with E-state index in [1.807, 2.05) is 6.20 Å². The van der Waals surface area contributed by atoms with Gasteiger partial charge in [0.2, 0.25) is 0 Å². The fraction of sp³-hybridized carbons (Fsp3) is 0.533. The van der Waals surface area contributed by atoms with Gasteiger partial charge in [-0.15, -0.1) is 5.54 Å². The van der Waals surface area contributed by atoms with Crippen molar-refractivity contribution in [3.05, 3.63) is 24.0 Å². The van der Waals surface area contributed by atoms with Crippen molar-refractivity contribution in [1.82, 2.24) is 4.98 Å². The van der Waals surface area contributed by atoms with Crippen molar-refractivity contribution in [3.8, 4) is 11.5 Å². The van der Waals surface area contributed by atoms with Crippen molar-refractivity contribution in [1.29, 1.82) is 0 Å². The van der Waals surface area contributed by atoms with E-state index in [4.69, 9.17) is 0 Å². The number of pyridine rings is 1. The van der Waals surface area contributed by atoms with Crippen LogP contribution < -0.4 is 4.90 Å². The molecule has 2 heterocycles. The summed E-state index contributed by atoms with van der Waals surface area (Å²) in [6, 6.07) is 4.21. The average Bonchev–Trinajstić information content (AvgIpc) is 2.37. The summed E-state index contributed by atoms with van der Waals surface area (Å²) >= 11 is 0. The van der Waals surface area contributed by atoms with E-state index < -0.39 is 8.07 Å². The summed E-state index contributed by atoms with van der Waals surface area (Å²) in [5, 5.41) is 0. The summed E-state index contributed by atoms with van der Waals surface area (Å²) < 4.78 is 0. The average molecular weight is 258 g/mol.